The van der Waals surface area contributed by atoms with Crippen LogP contribution in [0.3, 0.4) is 0 Å². The zero-order chi connectivity index (χ0) is 17.6. The van der Waals surface area contributed by atoms with Gasteiger partial charge in [-0.1, -0.05) is 28.1 Å². The molecule has 2 aromatic carbocycles. The molecule has 134 valence electrons. The summed E-state index contributed by atoms with van der Waals surface area (Å²) in [6, 6.07) is 15.4. The molecule has 0 unspecified atom stereocenters. The zero-order valence-corrected chi connectivity index (χ0v) is 15.4. The first kappa shape index (κ1) is 18.2. The Kier molecular flexibility index (Phi) is 6.31. The molecular weight excluding hydrogens is 386 g/mol. The van der Waals surface area contributed by atoms with E-state index in [1.54, 1.807) is 0 Å². The van der Waals surface area contributed by atoms with E-state index >= 15 is 0 Å². The molecule has 1 aliphatic rings. The van der Waals surface area contributed by atoms with Gasteiger partial charge in [-0.05, 0) is 42.0 Å². The second-order valence-electron chi connectivity index (χ2n) is 6.09. The Labute approximate surface area is 155 Å². The summed E-state index contributed by atoms with van der Waals surface area (Å²) in [7, 11) is 0. The summed E-state index contributed by atoms with van der Waals surface area (Å²) >= 11 is 3.40. The molecule has 0 aromatic heterocycles. The SMILES string of the molecule is OCCOc1ccc(CN2C[C@H](Oc3ccc(Br)cc3)[C@@H](O)C2)cc1. The van der Waals surface area contributed by atoms with Crippen molar-refractivity contribution in [3.05, 3.63) is 58.6 Å². The average Bonchev–Trinajstić information content (AvgIpc) is 2.95. The van der Waals surface area contributed by atoms with Gasteiger partial charge in [0.1, 0.15) is 30.3 Å². The molecule has 3 rings (SSSR count). The lowest BCUT2D eigenvalue weighted by Crippen LogP contribution is -2.29. The van der Waals surface area contributed by atoms with E-state index in [2.05, 4.69) is 20.8 Å². The molecule has 2 N–H and O–H groups in total. The molecule has 2 atom stereocenters. The lowest BCUT2D eigenvalue weighted by Gasteiger charge is -2.17. The Morgan fingerprint density at radius 1 is 1.00 bits per heavy atom. The van der Waals surface area contributed by atoms with Crippen molar-refractivity contribution in [2.45, 2.75) is 18.8 Å². The second kappa shape index (κ2) is 8.67. The molecule has 1 heterocycles. The van der Waals surface area contributed by atoms with E-state index in [0.29, 0.717) is 19.7 Å². The maximum atomic E-state index is 10.3. The van der Waals surface area contributed by atoms with Gasteiger partial charge in [0.25, 0.3) is 0 Å². The van der Waals surface area contributed by atoms with Crippen LogP contribution in [-0.4, -0.2) is 53.6 Å². The summed E-state index contributed by atoms with van der Waals surface area (Å²) in [5, 5.41) is 19.0. The molecule has 0 spiro atoms. The molecule has 1 fully saturated rings. The van der Waals surface area contributed by atoms with Crippen LogP contribution in [-0.2, 0) is 6.54 Å². The molecule has 0 bridgehead atoms. The normalized spacial score (nSPS) is 20.6. The second-order valence-corrected chi connectivity index (χ2v) is 7.00. The first-order chi connectivity index (χ1) is 12.1. The number of ether oxygens (including phenoxy) is 2. The van der Waals surface area contributed by atoms with Gasteiger partial charge < -0.3 is 19.7 Å². The van der Waals surface area contributed by atoms with Gasteiger partial charge >= 0.3 is 0 Å². The van der Waals surface area contributed by atoms with Gasteiger partial charge in [-0.25, -0.2) is 0 Å². The van der Waals surface area contributed by atoms with Crippen LogP contribution < -0.4 is 9.47 Å². The number of benzene rings is 2. The molecular formula is C19H22BrNO4. The van der Waals surface area contributed by atoms with Crippen molar-refractivity contribution >= 4 is 15.9 Å². The molecule has 1 aliphatic heterocycles. The number of aliphatic hydroxyl groups is 2. The maximum absolute atomic E-state index is 10.3. The summed E-state index contributed by atoms with van der Waals surface area (Å²) < 4.78 is 12.3. The number of halogens is 1. The molecule has 0 amide bonds. The van der Waals surface area contributed by atoms with Gasteiger partial charge in [0, 0.05) is 24.1 Å². The first-order valence-electron chi connectivity index (χ1n) is 8.29. The van der Waals surface area contributed by atoms with Gasteiger partial charge in [-0.15, -0.1) is 0 Å². The molecule has 5 nitrogen and oxygen atoms in total. The fourth-order valence-corrected chi connectivity index (χ4v) is 3.14. The zero-order valence-electron chi connectivity index (χ0n) is 13.8. The van der Waals surface area contributed by atoms with Gasteiger partial charge in [0.15, 0.2) is 0 Å². The van der Waals surface area contributed by atoms with Gasteiger partial charge in [-0.3, -0.25) is 4.90 Å². The van der Waals surface area contributed by atoms with Crippen LogP contribution in [0.5, 0.6) is 11.5 Å². The van der Waals surface area contributed by atoms with Crippen LogP contribution in [0.2, 0.25) is 0 Å². The summed E-state index contributed by atoms with van der Waals surface area (Å²) in [4.78, 5) is 2.18. The number of β-amino-alcohol motifs (C(OH)–C–C–N with tert-alkyl or cyclic N) is 1. The smallest absolute Gasteiger partial charge is 0.138 e. The quantitative estimate of drug-likeness (QED) is 0.737. The third-order valence-corrected chi connectivity index (χ3v) is 4.63. The molecule has 25 heavy (non-hydrogen) atoms. The Morgan fingerprint density at radius 2 is 1.68 bits per heavy atom. The summed E-state index contributed by atoms with van der Waals surface area (Å²) in [6.45, 7) is 2.32. The third-order valence-electron chi connectivity index (χ3n) is 4.10. The Morgan fingerprint density at radius 3 is 2.36 bits per heavy atom. The van der Waals surface area contributed by atoms with Crippen molar-refractivity contribution < 1.29 is 19.7 Å². The van der Waals surface area contributed by atoms with E-state index in [4.69, 9.17) is 14.6 Å². The summed E-state index contributed by atoms with van der Waals surface area (Å²) in [5.74, 6) is 1.51. The van der Waals surface area contributed by atoms with Crippen LogP contribution in [0.1, 0.15) is 5.56 Å². The lowest BCUT2D eigenvalue weighted by molar-refractivity contribution is 0.0736. The predicted molar refractivity (Wildman–Crippen MR) is 98.9 cm³/mol. The van der Waals surface area contributed by atoms with Gasteiger partial charge in [-0.2, -0.15) is 0 Å². The van der Waals surface area contributed by atoms with Crippen LogP contribution in [0, 0.1) is 0 Å². The lowest BCUT2D eigenvalue weighted by atomic mass is 10.2. The van der Waals surface area contributed by atoms with E-state index in [1.165, 1.54) is 0 Å². The highest BCUT2D eigenvalue weighted by atomic mass is 79.9. The van der Waals surface area contributed by atoms with E-state index in [1.807, 2.05) is 48.5 Å². The van der Waals surface area contributed by atoms with Crippen LogP contribution in [0.15, 0.2) is 53.0 Å². The maximum Gasteiger partial charge on any atom is 0.138 e. The van der Waals surface area contributed by atoms with E-state index < -0.39 is 6.10 Å². The van der Waals surface area contributed by atoms with Crippen LogP contribution in [0.4, 0.5) is 0 Å². The fourth-order valence-electron chi connectivity index (χ4n) is 2.88. The topological polar surface area (TPSA) is 62.2 Å². The highest BCUT2D eigenvalue weighted by Gasteiger charge is 2.32. The highest BCUT2D eigenvalue weighted by molar-refractivity contribution is 9.10. The van der Waals surface area contributed by atoms with Crippen molar-refractivity contribution in [2.24, 2.45) is 0 Å². The monoisotopic (exact) mass is 407 g/mol. The Bertz CT molecular complexity index is 662. The van der Waals surface area contributed by atoms with E-state index in [-0.39, 0.29) is 12.7 Å². The summed E-state index contributed by atoms with van der Waals surface area (Å²) in [6.07, 6.45) is -0.732. The standard InChI is InChI=1S/C19H22BrNO4/c20-15-3-7-17(8-4-15)25-19-13-21(12-18(19)23)11-14-1-5-16(6-2-14)24-10-9-22/h1-8,18-19,22-23H,9-13H2/t18-,19-/m0/s1. The number of nitrogens with zero attached hydrogens (tertiary/aromatic N) is 1. The van der Waals surface area contributed by atoms with Gasteiger partial charge in [0.2, 0.25) is 0 Å². The van der Waals surface area contributed by atoms with Crippen LogP contribution >= 0.6 is 15.9 Å². The fraction of sp³-hybridized carbons (Fsp3) is 0.368. The van der Waals surface area contributed by atoms with Crippen LogP contribution in [0.25, 0.3) is 0 Å². The highest BCUT2D eigenvalue weighted by Crippen LogP contribution is 2.22. The minimum atomic E-state index is -0.504. The Balaban J connectivity index is 1.53. The minimum Gasteiger partial charge on any atom is -0.491 e. The number of likely N-dealkylation sites (tertiary alicyclic amines) is 1. The van der Waals surface area contributed by atoms with E-state index in [9.17, 15) is 5.11 Å². The van der Waals surface area contributed by atoms with Crippen molar-refractivity contribution in [2.75, 3.05) is 26.3 Å². The first-order valence-corrected chi connectivity index (χ1v) is 9.08. The number of aliphatic hydroxyl groups excluding tert-OH is 2. The summed E-state index contributed by atoms with van der Waals surface area (Å²) in [5.41, 5.74) is 1.15. The van der Waals surface area contributed by atoms with Gasteiger partial charge in [0.05, 0.1) is 6.61 Å². The number of hydrogen-bond donors (Lipinski definition) is 2. The number of rotatable bonds is 7. The minimum absolute atomic E-state index is 0.00712. The third kappa shape index (κ3) is 5.19. The predicted octanol–water partition coefficient (Wildman–Crippen LogP) is 2.44. The van der Waals surface area contributed by atoms with Crippen molar-refractivity contribution in [3.8, 4) is 11.5 Å². The Hall–Kier alpha value is -1.60. The largest absolute Gasteiger partial charge is 0.491 e. The van der Waals surface area contributed by atoms with Crippen molar-refractivity contribution in [1.29, 1.82) is 0 Å². The van der Waals surface area contributed by atoms with Crippen molar-refractivity contribution in [1.82, 2.24) is 4.90 Å². The molecule has 0 aliphatic carbocycles. The van der Waals surface area contributed by atoms with Crippen molar-refractivity contribution in [3.63, 3.8) is 0 Å². The average molecular weight is 408 g/mol. The molecule has 6 heteroatoms. The molecule has 0 saturated carbocycles. The molecule has 0 radical (unpaired) electrons. The number of hydrogen-bond acceptors (Lipinski definition) is 5. The molecule has 1 saturated heterocycles. The van der Waals surface area contributed by atoms with E-state index in [0.717, 1.165) is 28.1 Å². The molecule has 2 aromatic rings.